The van der Waals surface area contributed by atoms with Crippen LogP contribution < -0.4 is 29.6 Å². The SMILES string of the molecule is COc1cc(C(=O)NC(=S)Nc2ccc(S(=O)(=O)NCc3ccccc3)cc2)cc(OC)c1OC. The molecule has 3 rings (SSSR count). The van der Waals surface area contributed by atoms with E-state index < -0.39 is 15.9 Å². The van der Waals surface area contributed by atoms with E-state index in [1.165, 1.54) is 45.6 Å². The molecule has 0 bridgehead atoms. The number of carbonyl (C=O) groups is 1. The molecule has 184 valence electrons. The Morgan fingerprint density at radius 2 is 1.49 bits per heavy atom. The predicted octanol–water partition coefficient (Wildman–Crippen LogP) is 3.32. The van der Waals surface area contributed by atoms with Crippen LogP contribution in [-0.4, -0.2) is 40.8 Å². The fourth-order valence-electron chi connectivity index (χ4n) is 3.12. The third-order valence-corrected chi connectivity index (χ3v) is 6.51. The Kier molecular flexibility index (Phi) is 8.63. The molecule has 0 heterocycles. The first kappa shape index (κ1) is 25.9. The van der Waals surface area contributed by atoms with Gasteiger partial charge in [0.25, 0.3) is 5.91 Å². The van der Waals surface area contributed by atoms with Crippen LogP contribution in [0.1, 0.15) is 15.9 Å². The first-order valence-electron chi connectivity index (χ1n) is 10.3. The molecule has 0 aliphatic rings. The molecule has 3 aromatic rings. The maximum absolute atomic E-state index is 12.7. The second kappa shape index (κ2) is 11.6. The van der Waals surface area contributed by atoms with Crippen LogP contribution in [-0.2, 0) is 16.6 Å². The molecular weight excluding hydrogens is 490 g/mol. The number of carbonyl (C=O) groups excluding carboxylic acids is 1. The number of nitrogens with one attached hydrogen (secondary N) is 3. The zero-order chi connectivity index (χ0) is 25.4. The molecule has 1 amide bonds. The number of benzene rings is 3. The lowest BCUT2D eigenvalue weighted by molar-refractivity contribution is 0.0977. The Balaban J connectivity index is 1.63. The Bertz CT molecular complexity index is 1270. The fourth-order valence-corrected chi connectivity index (χ4v) is 4.35. The minimum Gasteiger partial charge on any atom is -0.493 e. The number of ether oxygens (including phenoxy) is 3. The lowest BCUT2D eigenvalue weighted by Crippen LogP contribution is -2.34. The van der Waals surface area contributed by atoms with Crippen LogP contribution in [0.15, 0.2) is 71.6 Å². The number of hydrogen-bond donors (Lipinski definition) is 3. The standard InChI is InChI=1S/C24H25N3O6S2/c1-31-20-13-17(14-21(32-2)22(20)33-3)23(28)27-24(34)26-18-9-11-19(12-10-18)35(29,30)25-15-16-7-5-4-6-8-16/h4-14,25H,15H2,1-3H3,(H2,26,27,28,34). The van der Waals surface area contributed by atoms with Crippen LogP contribution in [0.4, 0.5) is 5.69 Å². The number of amides is 1. The number of sulfonamides is 1. The van der Waals surface area contributed by atoms with Crippen LogP contribution in [0.2, 0.25) is 0 Å². The first-order chi connectivity index (χ1) is 16.8. The second-order valence-electron chi connectivity index (χ2n) is 7.16. The molecule has 11 heteroatoms. The van der Waals surface area contributed by atoms with Crippen LogP contribution in [0.5, 0.6) is 17.2 Å². The quantitative estimate of drug-likeness (QED) is 0.372. The molecule has 0 saturated carbocycles. The maximum Gasteiger partial charge on any atom is 0.257 e. The highest BCUT2D eigenvalue weighted by molar-refractivity contribution is 7.89. The summed E-state index contributed by atoms with van der Waals surface area (Å²) in [6.45, 7) is 0.181. The molecule has 0 aliphatic carbocycles. The van der Waals surface area contributed by atoms with E-state index in [1.807, 2.05) is 30.3 Å². The van der Waals surface area contributed by atoms with E-state index in [0.29, 0.717) is 22.9 Å². The third kappa shape index (κ3) is 6.69. The normalized spacial score (nSPS) is 10.8. The molecule has 0 saturated heterocycles. The molecule has 0 aromatic heterocycles. The monoisotopic (exact) mass is 515 g/mol. The van der Waals surface area contributed by atoms with Crippen LogP contribution in [0, 0.1) is 0 Å². The average molecular weight is 516 g/mol. The Hall–Kier alpha value is -3.67. The zero-order valence-corrected chi connectivity index (χ0v) is 21.0. The molecule has 3 N–H and O–H groups in total. The van der Waals surface area contributed by atoms with Crippen molar-refractivity contribution >= 4 is 38.9 Å². The Morgan fingerprint density at radius 1 is 0.886 bits per heavy atom. The minimum atomic E-state index is -3.69. The highest BCUT2D eigenvalue weighted by Gasteiger charge is 2.18. The summed E-state index contributed by atoms with van der Waals surface area (Å²) in [5, 5.41) is 5.45. The van der Waals surface area contributed by atoms with E-state index in [1.54, 1.807) is 12.1 Å². The molecule has 3 aromatic carbocycles. The van der Waals surface area contributed by atoms with E-state index in [9.17, 15) is 13.2 Å². The summed E-state index contributed by atoms with van der Waals surface area (Å²) in [5.41, 5.74) is 1.60. The molecule has 0 fully saturated rings. The van der Waals surface area contributed by atoms with Gasteiger partial charge in [0, 0.05) is 17.8 Å². The zero-order valence-electron chi connectivity index (χ0n) is 19.3. The number of thiocarbonyl (C=S) groups is 1. The van der Waals surface area contributed by atoms with Crippen molar-refractivity contribution in [3.8, 4) is 17.2 Å². The smallest absolute Gasteiger partial charge is 0.257 e. The van der Waals surface area contributed by atoms with Gasteiger partial charge in [-0.3, -0.25) is 10.1 Å². The van der Waals surface area contributed by atoms with Gasteiger partial charge in [0.2, 0.25) is 15.8 Å². The summed E-state index contributed by atoms with van der Waals surface area (Å²) >= 11 is 5.22. The topological polar surface area (TPSA) is 115 Å². The summed E-state index contributed by atoms with van der Waals surface area (Å²) < 4.78 is 43.4. The third-order valence-electron chi connectivity index (χ3n) is 4.89. The second-order valence-corrected chi connectivity index (χ2v) is 9.33. The fraction of sp³-hybridized carbons (Fsp3) is 0.167. The van der Waals surface area contributed by atoms with Crippen molar-refractivity contribution in [2.45, 2.75) is 11.4 Å². The van der Waals surface area contributed by atoms with Gasteiger partial charge in [-0.1, -0.05) is 30.3 Å². The van der Waals surface area contributed by atoms with Gasteiger partial charge in [-0.05, 0) is 54.2 Å². The molecular formula is C24H25N3O6S2. The van der Waals surface area contributed by atoms with Crippen molar-refractivity contribution in [2.75, 3.05) is 26.6 Å². The summed E-state index contributed by atoms with van der Waals surface area (Å²) in [4.78, 5) is 12.8. The summed E-state index contributed by atoms with van der Waals surface area (Å²) in [7, 11) is 0.676. The molecule has 0 unspecified atom stereocenters. The van der Waals surface area contributed by atoms with Crippen molar-refractivity contribution in [3.05, 3.63) is 77.9 Å². The highest BCUT2D eigenvalue weighted by Crippen LogP contribution is 2.38. The average Bonchev–Trinajstić information content (AvgIpc) is 2.87. The van der Waals surface area contributed by atoms with Crippen molar-refractivity contribution < 1.29 is 27.4 Å². The summed E-state index contributed by atoms with van der Waals surface area (Å²) in [5.74, 6) is 0.522. The van der Waals surface area contributed by atoms with E-state index in [2.05, 4.69) is 15.4 Å². The number of hydrogen-bond acceptors (Lipinski definition) is 7. The van der Waals surface area contributed by atoms with Crippen LogP contribution >= 0.6 is 12.2 Å². The Morgan fingerprint density at radius 3 is 2.03 bits per heavy atom. The lowest BCUT2D eigenvalue weighted by Gasteiger charge is -2.15. The molecule has 0 spiro atoms. The summed E-state index contributed by atoms with van der Waals surface area (Å²) in [6, 6.07) is 18.2. The van der Waals surface area contributed by atoms with Crippen molar-refractivity contribution in [1.29, 1.82) is 0 Å². The van der Waals surface area contributed by atoms with Gasteiger partial charge < -0.3 is 19.5 Å². The molecule has 9 nitrogen and oxygen atoms in total. The van der Waals surface area contributed by atoms with E-state index >= 15 is 0 Å². The van der Waals surface area contributed by atoms with Crippen LogP contribution in [0.25, 0.3) is 0 Å². The first-order valence-corrected chi connectivity index (χ1v) is 12.2. The van der Waals surface area contributed by atoms with Crippen molar-refractivity contribution in [1.82, 2.24) is 10.0 Å². The lowest BCUT2D eigenvalue weighted by atomic mass is 10.1. The van der Waals surface area contributed by atoms with E-state index in [-0.39, 0.29) is 22.1 Å². The van der Waals surface area contributed by atoms with Gasteiger partial charge in [0.15, 0.2) is 16.6 Å². The molecule has 0 aliphatic heterocycles. The predicted molar refractivity (Wildman–Crippen MR) is 137 cm³/mol. The minimum absolute atomic E-state index is 0.0292. The summed E-state index contributed by atoms with van der Waals surface area (Å²) in [6.07, 6.45) is 0. The molecule has 0 radical (unpaired) electrons. The van der Waals surface area contributed by atoms with Gasteiger partial charge in [-0.25, -0.2) is 13.1 Å². The van der Waals surface area contributed by atoms with E-state index in [4.69, 9.17) is 26.4 Å². The highest BCUT2D eigenvalue weighted by atomic mass is 32.2. The van der Waals surface area contributed by atoms with Gasteiger partial charge in [-0.15, -0.1) is 0 Å². The van der Waals surface area contributed by atoms with Crippen LogP contribution in [0.3, 0.4) is 0 Å². The number of rotatable bonds is 9. The van der Waals surface area contributed by atoms with Gasteiger partial charge >= 0.3 is 0 Å². The van der Waals surface area contributed by atoms with Gasteiger partial charge in [0.05, 0.1) is 26.2 Å². The molecule has 0 atom stereocenters. The van der Waals surface area contributed by atoms with Crippen molar-refractivity contribution in [2.24, 2.45) is 0 Å². The van der Waals surface area contributed by atoms with Gasteiger partial charge in [-0.2, -0.15) is 0 Å². The molecule has 35 heavy (non-hydrogen) atoms. The number of methoxy groups -OCH3 is 3. The Labute approximate surface area is 209 Å². The number of anilines is 1. The largest absolute Gasteiger partial charge is 0.493 e. The van der Waals surface area contributed by atoms with Crippen molar-refractivity contribution in [3.63, 3.8) is 0 Å². The van der Waals surface area contributed by atoms with Gasteiger partial charge in [0.1, 0.15) is 0 Å². The van der Waals surface area contributed by atoms with E-state index in [0.717, 1.165) is 5.56 Å². The maximum atomic E-state index is 12.7.